The summed E-state index contributed by atoms with van der Waals surface area (Å²) in [4.78, 5) is 10.7. The molecule has 0 aliphatic rings. The van der Waals surface area contributed by atoms with Crippen molar-refractivity contribution in [3.63, 3.8) is 0 Å². The lowest BCUT2D eigenvalue weighted by atomic mass is 10.1. The number of rotatable bonds is 1. The molecule has 0 saturated heterocycles. The molecule has 0 aromatic heterocycles. The van der Waals surface area contributed by atoms with Gasteiger partial charge in [0.25, 0.3) is 0 Å². The van der Waals surface area contributed by atoms with Crippen molar-refractivity contribution in [2.45, 2.75) is 0 Å². The molecular formula is C11H7O3. The van der Waals surface area contributed by atoms with Gasteiger partial charge in [-0.25, -0.2) is 4.79 Å². The maximum atomic E-state index is 10.7. The van der Waals surface area contributed by atoms with Gasteiger partial charge in [-0.2, -0.15) is 0 Å². The van der Waals surface area contributed by atoms with Gasteiger partial charge in [-0.3, -0.25) is 0 Å². The number of carboxylic acids is 1. The second kappa shape index (κ2) is 3.03. The van der Waals surface area contributed by atoms with Crippen LogP contribution in [0.4, 0.5) is 0 Å². The number of hydrogen-bond donors (Lipinski definition) is 2. The first-order chi connectivity index (χ1) is 6.68. The summed E-state index contributed by atoms with van der Waals surface area (Å²) >= 11 is 0. The summed E-state index contributed by atoms with van der Waals surface area (Å²) in [5.74, 6) is -1.43. The van der Waals surface area contributed by atoms with Gasteiger partial charge in [0.15, 0.2) is 0 Å². The smallest absolute Gasteiger partial charge is 0.340 e. The van der Waals surface area contributed by atoms with Crippen LogP contribution >= 0.6 is 0 Å². The van der Waals surface area contributed by atoms with Crippen LogP contribution in [-0.2, 0) is 0 Å². The van der Waals surface area contributed by atoms with E-state index in [2.05, 4.69) is 6.07 Å². The molecule has 14 heavy (non-hydrogen) atoms. The minimum absolute atomic E-state index is 0.191. The summed E-state index contributed by atoms with van der Waals surface area (Å²) < 4.78 is 0. The molecule has 0 atom stereocenters. The molecule has 3 nitrogen and oxygen atoms in total. The van der Waals surface area contributed by atoms with Crippen LogP contribution in [0, 0.1) is 6.07 Å². The van der Waals surface area contributed by atoms with Gasteiger partial charge in [-0.1, -0.05) is 24.3 Å². The average Bonchev–Trinajstić information content (AvgIpc) is 2.16. The third-order valence-electron chi connectivity index (χ3n) is 1.98. The van der Waals surface area contributed by atoms with Crippen LogP contribution < -0.4 is 0 Å². The third kappa shape index (κ3) is 1.29. The Hall–Kier alpha value is -2.03. The largest absolute Gasteiger partial charge is 0.507 e. The second-order valence-electron chi connectivity index (χ2n) is 2.92. The summed E-state index contributed by atoms with van der Waals surface area (Å²) in [7, 11) is 0. The SMILES string of the molecule is O=C(O)c1[c]c2ccccc2cc1O. The highest BCUT2D eigenvalue weighted by atomic mass is 16.4. The van der Waals surface area contributed by atoms with Crippen LogP contribution in [-0.4, -0.2) is 16.2 Å². The Bertz CT molecular complexity index is 503. The van der Waals surface area contributed by atoms with E-state index in [1.54, 1.807) is 18.2 Å². The number of benzene rings is 2. The lowest BCUT2D eigenvalue weighted by Crippen LogP contribution is -1.96. The molecule has 1 radical (unpaired) electrons. The van der Waals surface area contributed by atoms with Gasteiger partial charge in [0.05, 0.1) is 0 Å². The molecule has 0 aliphatic carbocycles. The Balaban J connectivity index is 2.77. The molecule has 3 heteroatoms. The standard InChI is InChI=1S/C11H7O3/c12-10-6-8-4-2-1-3-7(8)5-9(10)11(13)14/h1-4,6,12H,(H,13,14). The summed E-state index contributed by atoms with van der Waals surface area (Å²) in [5, 5.41) is 19.6. The fraction of sp³-hybridized carbons (Fsp3) is 0. The highest BCUT2D eigenvalue weighted by molar-refractivity contribution is 5.96. The highest BCUT2D eigenvalue weighted by Crippen LogP contribution is 2.23. The van der Waals surface area contributed by atoms with E-state index in [-0.39, 0.29) is 11.3 Å². The van der Waals surface area contributed by atoms with Gasteiger partial charge in [-0.05, 0) is 16.8 Å². The first-order valence-corrected chi connectivity index (χ1v) is 4.06. The number of aromatic carboxylic acids is 1. The van der Waals surface area contributed by atoms with Gasteiger partial charge >= 0.3 is 5.97 Å². The van der Waals surface area contributed by atoms with E-state index in [9.17, 15) is 9.90 Å². The zero-order chi connectivity index (χ0) is 10.1. The van der Waals surface area contributed by atoms with Crippen molar-refractivity contribution < 1.29 is 15.0 Å². The van der Waals surface area contributed by atoms with Crippen molar-refractivity contribution in [3.05, 3.63) is 42.0 Å². The topological polar surface area (TPSA) is 57.5 Å². The van der Waals surface area contributed by atoms with E-state index < -0.39 is 5.97 Å². The predicted molar refractivity (Wildman–Crippen MR) is 51.4 cm³/mol. The van der Waals surface area contributed by atoms with Gasteiger partial charge < -0.3 is 10.2 Å². The molecule has 2 rings (SSSR count). The van der Waals surface area contributed by atoms with Crippen LogP contribution in [0.25, 0.3) is 10.8 Å². The molecule has 2 N–H and O–H groups in total. The Labute approximate surface area is 80.2 Å². The predicted octanol–water partition coefficient (Wildman–Crippen LogP) is 2.04. The van der Waals surface area contributed by atoms with Crippen molar-refractivity contribution >= 4 is 16.7 Å². The Morgan fingerprint density at radius 1 is 1.29 bits per heavy atom. The number of hydrogen-bond acceptors (Lipinski definition) is 2. The molecule has 0 amide bonds. The molecule has 0 unspecified atom stereocenters. The summed E-state index contributed by atoms with van der Waals surface area (Å²) in [5.41, 5.74) is -0.191. The minimum atomic E-state index is -1.17. The van der Waals surface area contributed by atoms with Crippen molar-refractivity contribution in [2.24, 2.45) is 0 Å². The Morgan fingerprint density at radius 3 is 2.71 bits per heavy atom. The number of phenols is 1. The highest BCUT2D eigenvalue weighted by Gasteiger charge is 2.10. The summed E-state index contributed by atoms with van der Waals surface area (Å²) in [6, 6.07) is 11.2. The maximum absolute atomic E-state index is 10.7. The van der Waals surface area contributed by atoms with E-state index in [0.29, 0.717) is 5.39 Å². The molecule has 0 saturated carbocycles. The van der Waals surface area contributed by atoms with Gasteiger partial charge in [0.2, 0.25) is 0 Å². The number of aromatic hydroxyl groups is 1. The van der Waals surface area contributed by atoms with Gasteiger partial charge in [0, 0.05) is 6.07 Å². The van der Waals surface area contributed by atoms with Crippen LogP contribution in [0.3, 0.4) is 0 Å². The molecule has 69 valence electrons. The van der Waals surface area contributed by atoms with Crippen LogP contribution in [0.1, 0.15) is 10.4 Å². The quantitative estimate of drug-likeness (QED) is 0.718. The molecule has 2 aromatic rings. The second-order valence-corrected chi connectivity index (χ2v) is 2.92. The fourth-order valence-electron chi connectivity index (χ4n) is 1.32. The maximum Gasteiger partial charge on any atom is 0.340 e. The van der Waals surface area contributed by atoms with E-state index >= 15 is 0 Å². The number of fused-ring (bicyclic) bond motifs is 1. The first-order valence-electron chi connectivity index (χ1n) is 4.06. The lowest BCUT2D eigenvalue weighted by molar-refractivity contribution is 0.0693. The molecule has 0 spiro atoms. The lowest BCUT2D eigenvalue weighted by Gasteiger charge is -2.01. The fourth-order valence-corrected chi connectivity index (χ4v) is 1.32. The molecule has 0 fully saturated rings. The third-order valence-corrected chi connectivity index (χ3v) is 1.98. The van der Waals surface area contributed by atoms with Crippen molar-refractivity contribution in [2.75, 3.05) is 0 Å². The van der Waals surface area contributed by atoms with Crippen molar-refractivity contribution in [3.8, 4) is 5.75 Å². The minimum Gasteiger partial charge on any atom is -0.507 e. The number of carbonyl (C=O) groups is 1. The zero-order valence-corrected chi connectivity index (χ0v) is 7.19. The van der Waals surface area contributed by atoms with Gasteiger partial charge in [-0.15, -0.1) is 0 Å². The van der Waals surface area contributed by atoms with Crippen LogP contribution in [0.15, 0.2) is 30.3 Å². The summed E-state index contributed by atoms with van der Waals surface area (Å²) in [6.45, 7) is 0. The molecule has 0 aliphatic heterocycles. The van der Waals surface area contributed by atoms with Crippen molar-refractivity contribution in [1.29, 1.82) is 0 Å². The van der Waals surface area contributed by atoms with Crippen molar-refractivity contribution in [1.82, 2.24) is 0 Å². The molecule has 0 bridgehead atoms. The van der Waals surface area contributed by atoms with E-state index in [4.69, 9.17) is 5.11 Å². The molecule has 2 aromatic carbocycles. The monoisotopic (exact) mass is 187 g/mol. The Morgan fingerprint density at radius 2 is 2.00 bits per heavy atom. The van der Waals surface area contributed by atoms with E-state index in [0.717, 1.165) is 5.39 Å². The Kier molecular flexibility index (Phi) is 1.85. The van der Waals surface area contributed by atoms with Crippen LogP contribution in [0.5, 0.6) is 5.75 Å². The number of carboxylic acid groups (broad SMARTS) is 1. The first kappa shape index (κ1) is 8.56. The van der Waals surface area contributed by atoms with Gasteiger partial charge in [0.1, 0.15) is 11.3 Å². The van der Waals surface area contributed by atoms with E-state index in [1.807, 2.05) is 6.07 Å². The van der Waals surface area contributed by atoms with Crippen LogP contribution in [0.2, 0.25) is 0 Å². The average molecular weight is 187 g/mol. The van der Waals surface area contributed by atoms with E-state index in [1.165, 1.54) is 6.07 Å². The molecular weight excluding hydrogens is 180 g/mol. The normalized spacial score (nSPS) is 10.3. The zero-order valence-electron chi connectivity index (χ0n) is 7.19. The molecule has 0 heterocycles. The summed E-state index contributed by atoms with van der Waals surface area (Å²) in [6.07, 6.45) is 0.